The summed E-state index contributed by atoms with van der Waals surface area (Å²) < 4.78 is 7.98. The van der Waals surface area contributed by atoms with Crippen molar-refractivity contribution in [2.45, 2.75) is 6.92 Å². The molecule has 0 aliphatic carbocycles. The molecule has 24 heavy (non-hydrogen) atoms. The zero-order valence-corrected chi connectivity index (χ0v) is 14.8. The first-order valence-electron chi connectivity index (χ1n) is 7.78. The highest BCUT2D eigenvalue weighted by atomic mass is 32.1. The maximum absolute atomic E-state index is 5.50. The largest absolute Gasteiger partial charge is 0.494 e. The van der Waals surface area contributed by atoms with Gasteiger partial charge < -0.3 is 9.64 Å². The lowest BCUT2D eigenvalue weighted by atomic mass is 10.2. The van der Waals surface area contributed by atoms with E-state index in [4.69, 9.17) is 17.0 Å². The fourth-order valence-corrected chi connectivity index (χ4v) is 2.73. The number of aromatic amines is 1. The second-order valence-corrected chi connectivity index (χ2v) is 5.94. The zero-order valence-electron chi connectivity index (χ0n) is 14.0. The van der Waals surface area contributed by atoms with Crippen molar-refractivity contribution in [1.82, 2.24) is 14.8 Å². The van der Waals surface area contributed by atoms with E-state index in [0.29, 0.717) is 11.4 Å². The van der Waals surface area contributed by atoms with Crippen molar-refractivity contribution in [3.05, 3.63) is 53.3 Å². The molecule has 0 spiro atoms. The Morgan fingerprint density at radius 2 is 1.75 bits per heavy atom. The van der Waals surface area contributed by atoms with E-state index in [0.717, 1.165) is 28.5 Å². The van der Waals surface area contributed by atoms with E-state index in [2.05, 4.69) is 27.2 Å². The first-order chi connectivity index (χ1) is 11.6. The lowest BCUT2D eigenvalue weighted by molar-refractivity contribution is 0.340. The minimum Gasteiger partial charge on any atom is -0.494 e. The van der Waals surface area contributed by atoms with Gasteiger partial charge in [0.05, 0.1) is 12.3 Å². The quantitative estimate of drug-likeness (QED) is 0.712. The number of hydrogen-bond acceptors (Lipinski definition) is 4. The number of nitrogens with zero attached hydrogens (tertiary/aromatic N) is 3. The summed E-state index contributed by atoms with van der Waals surface area (Å²) in [5.41, 5.74) is 3.09. The van der Waals surface area contributed by atoms with Crippen LogP contribution >= 0.6 is 12.2 Å². The molecule has 5 nitrogen and oxygen atoms in total. The standard InChI is InChI=1S/C18H20N4OS/c1-4-23-16-11-9-15(10-12-16)22-17(19-20-18(22)24)13-5-7-14(8-6-13)21(2)3/h5-12H,4H2,1-3H3,(H,20,24). The van der Waals surface area contributed by atoms with Crippen LogP contribution in [0.4, 0.5) is 5.69 Å². The highest BCUT2D eigenvalue weighted by Gasteiger charge is 2.11. The van der Waals surface area contributed by atoms with Gasteiger partial charge >= 0.3 is 0 Å². The lowest BCUT2D eigenvalue weighted by Crippen LogP contribution is -2.08. The van der Waals surface area contributed by atoms with E-state index in [1.54, 1.807) is 0 Å². The number of aromatic nitrogens is 3. The summed E-state index contributed by atoms with van der Waals surface area (Å²) in [7, 11) is 4.04. The fraction of sp³-hybridized carbons (Fsp3) is 0.222. The molecule has 0 bridgehead atoms. The Balaban J connectivity index is 2.01. The second kappa shape index (κ2) is 6.88. The highest BCUT2D eigenvalue weighted by Crippen LogP contribution is 2.25. The Bertz CT molecular complexity index is 863. The highest BCUT2D eigenvalue weighted by molar-refractivity contribution is 7.71. The third-order valence-corrected chi connectivity index (χ3v) is 3.99. The van der Waals surface area contributed by atoms with Crippen LogP contribution in [0, 0.1) is 4.77 Å². The molecule has 0 atom stereocenters. The third kappa shape index (κ3) is 3.19. The number of ether oxygens (including phenoxy) is 1. The fourth-order valence-electron chi connectivity index (χ4n) is 2.50. The van der Waals surface area contributed by atoms with Crippen LogP contribution in [0.2, 0.25) is 0 Å². The average molecular weight is 340 g/mol. The molecule has 3 rings (SSSR count). The summed E-state index contributed by atoms with van der Waals surface area (Å²) in [6, 6.07) is 16.1. The second-order valence-electron chi connectivity index (χ2n) is 5.56. The number of rotatable bonds is 5. The first-order valence-corrected chi connectivity index (χ1v) is 8.19. The first kappa shape index (κ1) is 16.3. The van der Waals surface area contributed by atoms with Gasteiger partial charge in [-0.15, -0.1) is 0 Å². The van der Waals surface area contributed by atoms with Crippen LogP contribution in [0.25, 0.3) is 17.1 Å². The zero-order chi connectivity index (χ0) is 17.1. The molecule has 0 amide bonds. The van der Waals surface area contributed by atoms with Crippen LogP contribution in [-0.4, -0.2) is 35.5 Å². The molecule has 1 N–H and O–H groups in total. The van der Waals surface area contributed by atoms with Gasteiger partial charge in [-0.1, -0.05) is 0 Å². The molecule has 0 aliphatic heterocycles. The van der Waals surface area contributed by atoms with Crippen LogP contribution < -0.4 is 9.64 Å². The summed E-state index contributed by atoms with van der Waals surface area (Å²) in [5.74, 6) is 1.63. The molecule has 0 aliphatic rings. The van der Waals surface area contributed by atoms with Gasteiger partial charge in [0.25, 0.3) is 0 Å². The molecule has 0 saturated carbocycles. The molecule has 124 valence electrons. The Morgan fingerprint density at radius 1 is 1.08 bits per heavy atom. The molecular formula is C18H20N4OS. The number of anilines is 1. The molecule has 2 aromatic carbocycles. The minimum absolute atomic E-state index is 0.561. The SMILES string of the molecule is CCOc1ccc(-n2c(-c3ccc(N(C)C)cc3)n[nH]c2=S)cc1. The molecule has 0 saturated heterocycles. The van der Waals surface area contributed by atoms with Gasteiger partial charge in [-0.2, -0.15) is 5.10 Å². The molecule has 0 radical (unpaired) electrons. The van der Waals surface area contributed by atoms with E-state index in [1.165, 1.54) is 0 Å². The van der Waals surface area contributed by atoms with Crippen molar-refractivity contribution in [2.75, 3.05) is 25.6 Å². The molecular weight excluding hydrogens is 320 g/mol. The molecule has 6 heteroatoms. The Labute approximate surface area is 146 Å². The van der Waals surface area contributed by atoms with Gasteiger partial charge in [0.15, 0.2) is 10.6 Å². The van der Waals surface area contributed by atoms with Crippen molar-refractivity contribution in [3.63, 3.8) is 0 Å². The third-order valence-electron chi connectivity index (χ3n) is 3.72. The van der Waals surface area contributed by atoms with Crippen LogP contribution in [0.5, 0.6) is 5.75 Å². The predicted octanol–water partition coefficient (Wildman–Crippen LogP) is 4.06. The maximum Gasteiger partial charge on any atom is 0.200 e. The summed E-state index contributed by atoms with van der Waals surface area (Å²) in [6.45, 7) is 2.61. The summed E-state index contributed by atoms with van der Waals surface area (Å²) in [5, 5.41) is 7.28. The average Bonchev–Trinajstić information content (AvgIpc) is 2.97. The number of H-pyrrole nitrogens is 1. The van der Waals surface area contributed by atoms with Gasteiger partial charge in [-0.25, -0.2) is 0 Å². The van der Waals surface area contributed by atoms with E-state index in [1.807, 2.05) is 62.0 Å². The lowest BCUT2D eigenvalue weighted by Gasteiger charge is -2.13. The Hall–Kier alpha value is -2.60. The molecule has 1 aromatic heterocycles. The summed E-state index contributed by atoms with van der Waals surface area (Å²) in [6.07, 6.45) is 0. The van der Waals surface area contributed by atoms with Crippen LogP contribution in [-0.2, 0) is 0 Å². The molecule has 1 heterocycles. The number of nitrogens with one attached hydrogen (secondary N) is 1. The maximum atomic E-state index is 5.50. The molecule has 0 fully saturated rings. The molecule has 3 aromatic rings. The van der Waals surface area contributed by atoms with Crippen LogP contribution in [0.3, 0.4) is 0 Å². The van der Waals surface area contributed by atoms with Gasteiger partial charge in [-0.3, -0.25) is 9.67 Å². The van der Waals surface area contributed by atoms with Crippen molar-refractivity contribution >= 4 is 17.9 Å². The normalized spacial score (nSPS) is 10.6. The van der Waals surface area contributed by atoms with Crippen molar-refractivity contribution in [3.8, 4) is 22.8 Å². The van der Waals surface area contributed by atoms with Crippen LogP contribution in [0.15, 0.2) is 48.5 Å². The molecule has 0 unspecified atom stereocenters. The Morgan fingerprint density at radius 3 is 2.33 bits per heavy atom. The number of hydrogen-bond donors (Lipinski definition) is 1. The van der Waals surface area contributed by atoms with E-state index >= 15 is 0 Å². The number of benzene rings is 2. The summed E-state index contributed by atoms with van der Waals surface area (Å²) >= 11 is 5.41. The monoisotopic (exact) mass is 340 g/mol. The van der Waals surface area contributed by atoms with Crippen molar-refractivity contribution in [2.24, 2.45) is 0 Å². The minimum atomic E-state index is 0.561. The van der Waals surface area contributed by atoms with Crippen molar-refractivity contribution < 1.29 is 4.74 Å². The van der Waals surface area contributed by atoms with Gasteiger partial charge in [-0.05, 0) is 67.7 Å². The topological polar surface area (TPSA) is 46.1 Å². The van der Waals surface area contributed by atoms with E-state index in [9.17, 15) is 0 Å². The predicted molar refractivity (Wildman–Crippen MR) is 99.7 cm³/mol. The van der Waals surface area contributed by atoms with E-state index < -0.39 is 0 Å². The summed E-state index contributed by atoms with van der Waals surface area (Å²) in [4.78, 5) is 2.06. The smallest absolute Gasteiger partial charge is 0.200 e. The van der Waals surface area contributed by atoms with Crippen LogP contribution in [0.1, 0.15) is 6.92 Å². The Kier molecular flexibility index (Phi) is 4.66. The van der Waals surface area contributed by atoms with E-state index in [-0.39, 0.29) is 0 Å². The van der Waals surface area contributed by atoms with Gasteiger partial charge in [0.2, 0.25) is 0 Å². The van der Waals surface area contributed by atoms with Crippen molar-refractivity contribution in [1.29, 1.82) is 0 Å². The van der Waals surface area contributed by atoms with Gasteiger partial charge in [0.1, 0.15) is 5.75 Å². The van der Waals surface area contributed by atoms with Gasteiger partial charge in [0, 0.05) is 25.3 Å².